The van der Waals surface area contributed by atoms with Crippen molar-refractivity contribution in [1.29, 1.82) is 0 Å². The third kappa shape index (κ3) is 13.5. The molecule has 0 bridgehead atoms. The Morgan fingerprint density at radius 2 is 1.37 bits per heavy atom. The van der Waals surface area contributed by atoms with Crippen molar-refractivity contribution in [3.8, 4) is 11.1 Å². The number of hydrogen-bond donors (Lipinski definition) is 3. The topological polar surface area (TPSA) is 161 Å². The number of benzene rings is 1. The number of aliphatic carboxylic acids is 3. The lowest BCUT2D eigenvalue weighted by molar-refractivity contribution is -0.193. The minimum atomic E-state index is -5.08. The van der Waals surface area contributed by atoms with Crippen LogP contribution in [0.15, 0.2) is 67.1 Å². The van der Waals surface area contributed by atoms with Crippen molar-refractivity contribution in [2.24, 2.45) is 0 Å². The first-order valence-electron chi connectivity index (χ1n) is 13.8. The van der Waals surface area contributed by atoms with E-state index in [1.54, 1.807) is 16.8 Å². The van der Waals surface area contributed by atoms with Crippen LogP contribution in [0.5, 0.6) is 0 Å². The van der Waals surface area contributed by atoms with Crippen LogP contribution < -0.4 is 0 Å². The van der Waals surface area contributed by atoms with Crippen LogP contribution in [0.2, 0.25) is 0 Å². The predicted molar refractivity (Wildman–Crippen MR) is 154 cm³/mol. The van der Waals surface area contributed by atoms with Gasteiger partial charge in [0.15, 0.2) is 0 Å². The Morgan fingerprint density at radius 1 is 0.804 bits per heavy atom. The third-order valence-electron chi connectivity index (χ3n) is 6.50. The zero-order chi connectivity index (χ0) is 38.7. The molecular weight excluding hydrogens is 718 g/mol. The molecule has 0 spiro atoms. The lowest BCUT2D eigenvalue weighted by Gasteiger charge is -2.38. The molecule has 12 nitrogen and oxygen atoms in total. The van der Waals surface area contributed by atoms with Gasteiger partial charge in [-0.3, -0.25) is 14.8 Å². The van der Waals surface area contributed by atoms with Gasteiger partial charge in [0.2, 0.25) is 0 Å². The van der Waals surface area contributed by atoms with Crippen LogP contribution in [0.25, 0.3) is 16.6 Å². The van der Waals surface area contributed by atoms with Gasteiger partial charge in [-0.1, -0.05) is 29.5 Å². The van der Waals surface area contributed by atoms with Gasteiger partial charge in [-0.15, -0.1) is 5.10 Å². The molecule has 4 aromatic rings. The number of pyridine rings is 2. The van der Waals surface area contributed by atoms with Gasteiger partial charge in [0.05, 0.1) is 11.6 Å². The Kier molecular flexibility index (Phi) is 14.4. The Bertz CT molecular complexity index is 1710. The van der Waals surface area contributed by atoms with Crippen molar-refractivity contribution in [3.05, 3.63) is 84.2 Å². The van der Waals surface area contributed by atoms with Crippen LogP contribution in [0.1, 0.15) is 17.3 Å². The average Bonchev–Trinajstić information content (AvgIpc) is 3.45. The van der Waals surface area contributed by atoms with Gasteiger partial charge in [-0.25, -0.2) is 23.3 Å². The maximum atomic E-state index is 13.6. The third-order valence-corrected chi connectivity index (χ3v) is 6.50. The summed E-state index contributed by atoms with van der Waals surface area (Å²) in [6.07, 6.45) is -9.61. The molecule has 0 radical (unpaired) electrons. The molecular formula is C29H26F10N6O6. The number of fused-ring (bicyclic) bond motifs is 1. The summed E-state index contributed by atoms with van der Waals surface area (Å²) in [5.74, 6) is -8.52. The number of aromatic nitrogens is 4. The Morgan fingerprint density at radius 3 is 1.86 bits per heavy atom. The number of nitrogens with zero attached hydrogens (tertiary/aromatic N) is 6. The molecule has 1 saturated heterocycles. The van der Waals surface area contributed by atoms with E-state index in [0.29, 0.717) is 0 Å². The van der Waals surface area contributed by atoms with E-state index >= 15 is 0 Å². The van der Waals surface area contributed by atoms with E-state index in [2.05, 4.69) is 38.2 Å². The van der Waals surface area contributed by atoms with Gasteiger partial charge in [0.1, 0.15) is 11.5 Å². The van der Waals surface area contributed by atoms with Crippen molar-refractivity contribution in [1.82, 2.24) is 29.6 Å². The Hall–Kier alpha value is -5.38. The van der Waals surface area contributed by atoms with Gasteiger partial charge in [0.25, 0.3) is 0 Å². The fraction of sp³-hybridized carbons (Fsp3) is 0.310. The molecule has 1 aromatic carbocycles. The predicted octanol–water partition coefficient (Wildman–Crippen LogP) is 5.32. The van der Waals surface area contributed by atoms with Crippen LogP contribution in [0, 0.1) is 5.82 Å². The maximum absolute atomic E-state index is 13.6. The van der Waals surface area contributed by atoms with E-state index in [1.807, 2.05) is 36.7 Å². The Labute approximate surface area is 280 Å². The number of rotatable bonds is 4. The Balaban J connectivity index is 0.000000352. The van der Waals surface area contributed by atoms with Crippen LogP contribution in [0.4, 0.5) is 43.9 Å². The summed E-state index contributed by atoms with van der Waals surface area (Å²) in [4.78, 5) is 35.7. The van der Waals surface area contributed by atoms with Gasteiger partial charge in [-0.05, 0) is 42.4 Å². The summed E-state index contributed by atoms with van der Waals surface area (Å²) < 4.78 is 111. The number of hydrogen-bond acceptors (Lipinski definition) is 8. The van der Waals surface area contributed by atoms with E-state index < -0.39 is 36.4 Å². The quantitative estimate of drug-likeness (QED) is 0.232. The summed E-state index contributed by atoms with van der Waals surface area (Å²) in [5, 5.41) is 30.3. The summed E-state index contributed by atoms with van der Waals surface area (Å²) >= 11 is 0. The average molecular weight is 745 g/mol. The first-order chi connectivity index (χ1) is 23.5. The summed E-state index contributed by atoms with van der Waals surface area (Å²) in [5.41, 5.74) is 4.91. The van der Waals surface area contributed by atoms with Crippen molar-refractivity contribution in [2.45, 2.75) is 31.1 Å². The summed E-state index contributed by atoms with van der Waals surface area (Å²) in [7, 11) is 2.14. The molecule has 0 amide bonds. The van der Waals surface area contributed by atoms with Crippen LogP contribution >= 0.6 is 0 Å². The first-order valence-corrected chi connectivity index (χ1v) is 13.8. The van der Waals surface area contributed by atoms with Crippen LogP contribution in [0.3, 0.4) is 0 Å². The maximum Gasteiger partial charge on any atom is 0.490 e. The molecule has 4 heterocycles. The first kappa shape index (κ1) is 41.8. The number of carbonyl (C=O) groups is 3. The standard InChI is InChI=1S/C23H23FN6.3C2HF3O2/c1-28-10-11-29(14-17-4-3-9-25-13-17)16-22(28)23-21-8-7-19(15-30(21)27-26-23)18-5-2-6-20(24)12-18;3*3-2(4,5)1(6)7/h2-9,12-13,15,22H,10-11,14,16H2,1H3;3*(H,6,7). The molecule has 1 atom stereocenters. The molecule has 278 valence electrons. The number of alkyl halides is 9. The molecule has 51 heavy (non-hydrogen) atoms. The van der Waals surface area contributed by atoms with Crippen molar-refractivity contribution < 1.29 is 73.6 Å². The van der Waals surface area contributed by atoms with Crippen molar-refractivity contribution in [3.63, 3.8) is 0 Å². The molecule has 0 aliphatic carbocycles. The normalized spacial score (nSPS) is 15.3. The van der Waals surface area contributed by atoms with E-state index in [-0.39, 0.29) is 11.9 Å². The zero-order valence-corrected chi connectivity index (χ0v) is 25.8. The van der Waals surface area contributed by atoms with Gasteiger partial charge in [-0.2, -0.15) is 39.5 Å². The highest BCUT2D eigenvalue weighted by atomic mass is 19.4. The number of carboxylic acid groups (broad SMARTS) is 3. The molecule has 5 rings (SSSR count). The lowest BCUT2D eigenvalue weighted by atomic mass is 10.1. The largest absolute Gasteiger partial charge is 0.490 e. The summed E-state index contributed by atoms with van der Waals surface area (Å²) in [6, 6.07) is 14.9. The van der Waals surface area contributed by atoms with E-state index in [1.165, 1.54) is 17.7 Å². The fourth-order valence-electron chi connectivity index (χ4n) is 4.11. The molecule has 1 fully saturated rings. The number of likely N-dealkylation sites (N-methyl/N-ethyl adjacent to an activating group) is 1. The molecule has 22 heteroatoms. The van der Waals surface area contributed by atoms with Crippen LogP contribution in [-0.4, -0.2) is 108 Å². The second-order valence-corrected chi connectivity index (χ2v) is 10.2. The van der Waals surface area contributed by atoms with Gasteiger partial charge >= 0.3 is 36.4 Å². The number of halogens is 10. The molecule has 0 saturated carbocycles. The minimum Gasteiger partial charge on any atom is -0.475 e. The second kappa shape index (κ2) is 17.5. The minimum absolute atomic E-state index is 0.160. The van der Waals surface area contributed by atoms with Gasteiger partial charge < -0.3 is 15.3 Å². The molecule has 1 aliphatic rings. The van der Waals surface area contributed by atoms with Crippen molar-refractivity contribution >= 4 is 23.4 Å². The molecule has 3 aromatic heterocycles. The number of piperazine rings is 1. The lowest BCUT2D eigenvalue weighted by Crippen LogP contribution is -2.46. The highest BCUT2D eigenvalue weighted by Crippen LogP contribution is 2.28. The summed E-state index contributed by atoms with van der Waals surface area (Å²) in [6.45, 7) is 3.72. The monoisotopic (exact) mass is 744 g/mol. The highest BCUT2D eigenvalue weighted by molar-refractivity contribution is 5.73. The smallest absolute Gasteiger partial charge is 0.475 e. The van der Waals surface area contributed by atoms with E-state index in [4.69, 9.17) is 29.7 Å². The van der Waals surface area contributed by atoms with Crippen molar-refractivity contribution in [2.75, 3.05) is 26.7 Å². The second-order valence-electron chi connectivity index (χ2n) is 10.2. The van der Waals surface area contributed by atoms with Gasteiger partial charge in [0, 0.05) is 50.3 Å². The SMILES string of the molecule is CN1CCN(Cc2cccnc2)CC1c1nnn2cc(-c3cccc(F)c3)ccc12.O=C(O)C(F)(F)F.O=C(O)C(F)(F)F.O=C(O)C(F)(F)F. The molecule has 1 unspecified atom stereocenters. The molecule has 3 N–H and O–H groups in total. The van der Waals surface area contributed by atoms with Crippen LogP contribution in [-0.2, 0) is 20.9 Å². The van der Waals surface area contributed by atoms with E-state index in [9.17, 15) is 43.9 Å². The number of carboxylic acids is 3. The molecule has 1 aliphatic heterocycles. The zero-order valence-electron chi connectivity index (χ0n) is 25.8. The van der Waals surface area contributed by atoms with E-state index in [0.717, 1.165) is 48.5 Å². The fourth-order valence-corrected chi connectivity index (χ4v) is 4.11. The highest BCUT2D eigenvalue weighted by Gasteiger charge is 2.39.